The van der Waals surface area contributed by atoms with Crippen LogP contribution in [0.2, 0.25) is 5.02 Å². The predicted molar refractivity (Wildman–Crippen MR) is 63.0 cm³/mol. The molecular formula is C11H8ClF2NS. The molecule has 0 fully saturated rings. The predicted octanol–water partition coefficient (Wildman–Crippen LogP) is 4.29. The molecule has 0 amide bonds. The molecule has 0 bridgehead atoms. The van der Waals surface area contributed by atoms with Crippen LogP contribution in [0.1, 0.15) is 4.88 Å². The van der Waals surface area contributed by atoms with Crippen LogP contribution in [0.4, 0.5) is 14.5 Å². The van der Waals surface area contributed by atoms with Crippen LogP contribution in [0.3, 0.4) is 0 Å². The molecular weight excluding hydrogens is 252 g/mol. The zero-order valence-electron chi connectivity index (χ0n) is 8.14. The van der Waals surface area contributed by atoms with Crippen molar-refractivity contribution in [2.24, 2.45) is 0 Å². The van der Waals surface area contributed by atoms with Gasteiger partial charge in [-0.2, -0.15) is 0 Å². The molecule has 1 aromatic carbocycles. The van der Waals surface area contributed by atoms with Gasteiger partial charge in [0.15, 0.2) is 0 Å². The summed E-state index contributed by atoms with van der Waals surface area (Å²) in [5, 5.41) is 5.12. The van der Waals surface area contributed by atoms with Gasteiger partial charge >= 0.3 is 0 Å². The zero-order valence-corrected chi connectivity index (χ0v) is 9.71. The van der Waals surface area contributed by atoms with Crippen molar-refractivity contribution < 1.29 is 8.78 Å². The molecule has 2 rings (SSSR count). The highest BCUT2D eigenvalue weighted by molar-refractivity contribution is 7.10. The Bertz CT molecular complexity index is 478. The van der Waals surface area contributed by atoms with E-state index < -0.39 is 11.6 Å². The van der Waals surface area contributed by atoms with Crippen molar-refractivity contribution in [2.45, 2.75) is 6.54 Å². The van der Waals surface area contributed by atoms with Gasteiger partial charge in [0.25, 0.3) is 0 Å². The van der Waals surface area contributed by atoms with Crippen molar-refractivity contribution in [3.05, 3.63) is 51.2 Å². The quantitative estimate of drug-likeness (QED) is 0.867. The Labute approximate surface area is 101 Å². The number of anilines is 1. The fourth-order valence-electron chi connectivity index (χ4n) is 1.29. The van der Waals surface area contributed by atoms with E-state index in [1.165, 1.54) is 29.5 Å². The van der Waals surface area contributed by atoms with Gasteiger partial charge in [0.1, 0.15) is 17.3 Å². The highest BCUT2D eigenvalue weighted by atomic mass is 35.5. The van der Waals surface area contributed by atoms with Crippen LogP contribution in [-0.2, 0) is 6.54 Å². The molecule has 0 saturated carbocycles. The summed E-state index contributed by atoms with van der Waals surface area (Å²) in [6, 6.07) is 5.52. The highest BCUT2D eigenvalue weighted by Gasteiger charge is 2.07. The largest absolute Gasteiger partial charge is 0.375 e. The summed E-state index contributed by atoms with van der Waals surface area (Å²) >= 11 is 7.18. The van der Waals surface area contributed by atoms with E-state index in [0.29, 0.717) is 11.6 Å². The number of benzene rings is 1. The summed E-state index contributed by atoms with van der Waals surface area (Å²) in [6.07, 6.45) is 0. The van der Waals surface area contributed by atoms with Crippen molar-refractivity contribution in [1.29, 1.82) is 0 Å². The van der Waals surface area contributed by atoms with E-state index in [1.807, 2.05) is 0 Å². The van der Waals surface area contributed by atoms with E-state index in [-0.39, 0.29) is 5.69 Å². The van der Waals surface area contributed by atoms with E-state index in [2.05, 4.69) is 5.32 Å². The molecule has 16 heavy (non-hydrogen) atoms. The molecule has 1 N–H and O–H groups in total. The summed E-state index contributed by atoms with van der Waals surface area (Å²) in [5.74, 6) is -1.19. The average molecular weight is 260 g/mol. The normalized spacial score (nSPS) is 10.4. The fourth-order valence-corrected chi connectivity index (χ4v) is 2.30. The second-order valence-electron chi connectivity index (χ2n) is 3.18. The number of hydrogen-bond acceptors (Lipinski definition) is 2. The second kappa shape index (κ2) is 4.80. The lowest BCUT2D eigenvalue weighted by atomic mass is 10.3. The number of hydrogen-bond donors (Lipinski definition) is 1. The first-order valence-electron chi connectivity index (χ1n) is 4.57. The molecule has 0 aliphatic rings. The Morgan fingerprint density at radius 1 is 1.25 bits per heavy atom. The number of nitrogens with one attached hydrogen (secondary N) is 1. The second-order valence-corrected chi connectivity index (χ2v) is 4.61. The van der Waals surface area contributed by atoms with E-state index in [0.717, 1.165) is 4.88 Å². The summed E-state index contributed by atoms with van der Waals surface area (Å²) in [6.45, 7) is 0.356. The topological polar surface area (TPSA) is 12.0 Å². The van der Waals surface area contributed by atoms with E-state index in [9.17, 15) is 8.78 Å². The van der Waals surface area contributed by atoms with E-state index in [4.69, 9.17) is 11.6 Å². The molecule has 0 aliphatic carbocycles. The molecule has 2 aromatic rings. The molecule has 0 radical (unpaired) electrons. The highest BCUT2D eigenvalue weighted by Crippen LogP contribution is 2.22. The van der Waals surface area contributed by atoms with Gasteiger partial charge in [-0.3, -0.25) is 0 Å². The van der Waals surface area contributed by atoms with Crippen LogP contribution in [-0.4, -0.2) is 0 Å². The van der Waals surface area contributed by atoms with Crippen molar-refractivity contribution in [1.82, 2.24) is 0 Å². The van der Waals surface area contributed by atoms with Gasteiger partial charge in [-0.1, -0.05) is 17.7 Å². The van der Waals surface area contributed by atoms with Gasteiger partial charge in [0, 0.05) is 16.8 Å². The third-order valence-corrected chi connectivity index (χ3v) is 3.31. The Hall–Kier alpha value is -1.13. The Balaban J connectivity index is 2.10. The van der Waals surface area contributed by atoms with Crippen LogP contribution >= 0.6 is 22.9 Å². The molecule has 0 saturated heterocycles. The standard InChI is InChI=1S/C11H8ClF2NS/c12-7-4-8(16-6-7)5-15-11-9(13)2-1-3-10(11)14/h1-4,6,15H,5H2. The van der Waals surface area contributed by atoms with Crippen molar-refractivity contribution in [3.8, 4) is 0 Å². The monoisotopic (exact) mass is 259 g/mol. The molecule has 1 nitrogen and oxygen atoms in total. The third-order valence-electron chi connectivity index (χ3n) is 2.02. The lowest BCUT2D eigenvalue weighted by Gasteiger charge is -2.06. The summed E-state index contributed by atoms with van der Waals surface area (Å²) in [7, 11) is 0. The fraction of sp³-hybridized carbons (Fsp3) is 0.0909. The van der Waals surface area contributed by atoms with Crippen LogP contribution in [0, 0.1) is 11.6 Å². The van der Waals surface area contributed by atoms with Gasteiger partial charge in [0.05, 0.1) is 5.02 Å². The molecule has 0 unspecified atom stereocenters. The molecule has 0 spiro atoms. The van der Waals surface area contributed by atoms with Crippen LogP contribution in [0.25, 0.3) is 0 Å². The lowest BCUT2D eigenvalue weighted by Crippen LogP contribution is -2.02. The first-order chi connectivity index (χ1) is 7.66. The molecule has 0 atom stereocenters. The van der Waals surface area contributed by atoms with Gasteiger partial charge in [0.2, 0.25) is 0 Å². The minimum absolute atomic E-state index is 0.105. The van der Waals surface area contributed by atoms with Gasteiger partial charge < -0.3 is 5.32 Å². The number of rotatable bonds is 3. The Morgan fingerprint density at radius 2 is 1.94 bits per heavy atom. The van der Waals surface area contributed by atoms with Crippen LogP contribution < -0.4 is 5.32 Å². The van der Waals surface area contributed by atoms with Crippen molar-refractivity contribution >= 4 is 28.6 Å². The van der Waals surface area contributed by atoms with E-state index >= 15 is 0 Å². The number of para-hydroxylation sites is 1. The summed E-state index contributed by atoms with van der Waals surface area (Å²) < 4.78 is 26.5. The summed E-state index contributed by atoms with van der Waals surface area (Å²) in [4.78, 5) is 0.924. The first-order valence-corrected chi connectivity index (χ1v) is 5.83. The molecule has 5 heteroatoms. The molecule has 1 aromatic heterocycles. The average Bonchev–Trinajstić information content (AvgIpc) is 2.63. The minimum Gasteiger partial charge on any atom is -0.375 e. The lowest BCUT2D eigenvalue weighted by molar-refractivity contribution is 0.588. The van der Waals surface area contributed by atoms with Crippen molar-refractivity contribution in [2.75, 3.05) is 5.32 Å². The smallest absolute Gasteiger partial charge is 0.149 e. The maximum Gasteiger partial charge on any atom is 0.149 e. The molecule has 1 heterocycles. The summed E-state index contributed by atoms with van der Waals surface area (Å²) in [5.41, 5.74) is -0.105. The molecule has 0 aliphatic heterocycles. The Morgan fingerprint density at radius 3 is 2.50 bits per heavy atom. The van der Waals surface area contributed by atoms with Crippen molar-refractivity contribution in [3.63, 3.8) is 0 Å². The SMILES string of the molecule is Fc1cccc(F)c1NCc1cc(Cl)cs1. The van der Waals surface area contributed by atoms with Gasteiger partial charge in [-0.25, -0.2) is 8.78 Å². The van der Waals surface area contributed by atoms with Crippen LogP contribution in [0.15, 0.2) is 29.6 Å². The van der Waals surface area contributed by atoms with Gasteiger partial charge in [-0.05, 0) is 18.2 Å². The minimum atomic E-state index is -0.595. The Kier molecular flexibility index (Phi) is 3.41. The molecule has 84 valence electrons. The first kappa shape index (κ1) is 11.4. The zero-order chi connectivity index (χ0) is 11.5. The number of thiophene rings is 1. The third kappa shape index (κ3) is 2.51. The number of halogens is 3. The van der Waals surface area contributed by atoms with E-state index in [1.54, 1.807) is 11.4 Å². The van der Waals surface area contributed by atoms with Crippen LogP contribution in [0.5, 0.6) is 0 Å². The van der Waals surface area contributed by atoms with Gasteiger partial charge in [-0.15, -0.1) is 11.3 Å². The maximum atomic E-state index is 13.2. The maximum absolute atomic E-state index is 13.2.